The molecule has 0 saturated carbocycles. The number of nitrogens with zero attached hydrogens (tertiary/aromatic N) is 1. The molecule has 2 atom stereocenters. The van der Waals surface area contributed by atoms with Gasteiger partial charge >= 0.3 is 0 Å². The zero-order valence-corrected chi connectivity index (χ0v) is 16.9. The van der Waals surface area contributed by atoms with Gasteiger partial charge in [-0.15, -0.1) is 4.91 Å². The zero-order chi connectivity index (χ0) is 20.4. The molecule has 0 spiro atoms. The number of rotatable bonds is 12. The Morgan fingerprint density at radius 1 is 1.11 bits per heavy atom. The number of ether oxygens (including phenoxy) is 3. The number of methoxy groups -OCH3 is 2. The van der Waals surface area contributed by atoms with Crippen LogP contribution in [0.4, 0.5) is 5.69 Å². The van der Waals surface area contributed by atoms with E-state index in [2.05, 4.69) is 24.2 Å². The Hall–Kier alpha value is -2.44. The van der Waals surface area contributed by atoms with Crippen molar-refractivity contribution in [2.75, 3.05) is 27.4 Å². The molecule has 2 rings (SSSR count). The van der Waals surface area contributed by atoms with E-state index in [9.17, 15) is 4.91 Å². The summed E-state index contributed by atoms with van der Waals surface area (Å²) in [7, 11) is 3.20. The van der Waals surface area contributed by atoms with Crippen LogP contribution in [0.25, 0.3) is 0 Å². The topological polar surface area (TPSA) is 83.1 Å². The highest BCUT2D eigenvalue weighted by molar-refractivity contribution is 5.53. The van der Waals surface area contributed by atoms with Crippen molar-refractivity contribution in [2.24, 2.45) is 16.8 Å². The van der Waals surface area contributed by atoms with Crippen LogP contribution in [-0.2, 0) is 11.2 Å². The van der Waals surface area contributed by atoms with E-state index in [0.29, 0.717) is 24.8 Å². The summed E-state index contributed by atoms with van der Waals surface area (Å²) < 4.78 is 16.8. The highest BCUT2D eigenvalue weighted by Gasteiger charge is 2.16. The first-order valence-electron chi connectivity index (χ1n) is 9.57. The van der Waals surface area contributed by atoms with E-state index in [1.54, 1.807) is 13.2 Å². The SMILES string of the molecule is COc1cccc(CC(C)CO[C@@H](CCCN)c2ccc(N=O)c(OC)c2)c1. The molecule has 0 heterocycles. The molecule has 0 saturated heterocycles. The van der Waals surface area contributed by atoms with E-state index in [0.717, 1.165) is 30.6 Å². The van der Waals surface area contributed by atoms with Gasteiger partial charge in [0, 0.05) is 0 Å². The standard InChI is InChI=1S/C22H30N2O4/c1-16(12-17-6-4-7-19(13-17)26-2)15-28-21(8-5-11-23)18-9-10-20(24-25)22(14-18)27-3/h4,6-7,9-10,13-14,16,21H,5,8,11-12,15,23H2,1-3H3/t16?,21-/m0/s1. The van der Waals surface area contributed by atoms with Crippen LogP contribution in [0.3, 0.4) is 0 Å². The Kier molecular flexibility index (Phi) is 8.91. The Morgan fingerprint density at radius 3 is 2.61 bits per heavy atom. The van der Waals surface area contributed by atoms with Gasteiger partial charge in [0.05, 0.1) is 26.9 Å². The van der Waals surface area contributed by atoms with Crippen LogP contribution in [0, 0.1) is 10.8 Å². The second kappa shape index (κ2) is 11.4. The molecule has 2 N–H and O–H groups in total. The maximum absolute atomic E-state index is 10.9. The third kappa shape index (κ3) is 6.32. The third-order valence-corrected chi connectivity index (χ3v) is 4.64. The lowest BCUT2D eigenvalue weighted by Gasteiger charge is -2.22. The highest BCUT2D eigenvalue weighted by Crippen LogP contribution is 2.33. The van der Waals surface area contributed by atoms with Crippen LogP contribution in [0.15, 0.2) is 47.6 Å². The summed E-state index contributed by atoms with van der Waals surface area (Å²) in [6, 6.07) is 13.5. The van der Waals surface area contributed by atoms with Crippen molar-refractivity contribution < 1.29 is 14.2 Å². The molecule has 2 aromatic rings. The smallest absolute Gasteiger partial charge is 0.149 e. The zero-order valence-electron chi connectivity index (χ0n) is 16.9. The first kappa shape index (κ1) is 21.9. The molecule has 6 heteroatoms. The molecule has 0 aromatic heterocycles. The fourth-order valence-electron chi connectivity index (χ4n) is 3.16. The monoisotopic (exact) mass is 386 g/mol. The summed E-state index contributed by atoms with van der Waals surface area (Å²) in [6.07, 6.45) is 2.45. The minimum atomic E-state index is -0.106. The van der Waals surface area contributed by atoms with Crippen molar-refractivity contribution in [3.63, 3.8) is 0 Å². The molecule has 6 nitrogen and oxygen atoms in total. The van der Waals surface area contributed by atoms with Crippen molar-refractivity contribution in [3.8, 4) is 11.5 Å². The number of nitrogens with two attached hydrogens (primary N) is 1. The van der Waals surface area contributed by atoms with Crippen molar-refractivity contribution in [2.45, 2.75) is 32.3 Å². The Morgan fingerprint density at radius 2 is 1.93 bits per heavy atom. The number of nitroso groups, excluding NO2 is 1. The molecule has 0 aliphatic rings. The first-order valence-corrected chi connectivity index (χ1v) is 9.57. The van der Waals surface area contributed by atoms with Crippen LogP contribution in [0.5, 0.6) is 11.5 Å². The van der Waals surface area contributed by atoms with Gasteiger partial charge in [0.25, 0.3) is 0 Å². The van der Waals surface area contributed by atoms with E-state index in [1.165, 1.54) is 12.7 Å². The van der Waals surface area contributed by atoms with E-state index in [4.69, 9.17) is 19.9 Å². The molecule has 0 radical (unpaired) electrons. The van der Waals surface area contributed by atoms with Gasteiger partial charge in [0.1, 0.15) is 17.2 Å². The second-order valence-corrected chi connectivity index (χ2v) is 6.94. The average molecular weight is 386 g/mol. The Labute approximate surface area is 167 Å². The van der Waals surface area contributed by atoms with Gasteiger partial charge in [-0.1, -0.05) is 25.1 Å². The quantitative estimate of drug-likeness (QED) is 0.531. The van der Waals surface area contributed by atoms with Crippen LogP contribution >= 0.6 is 0 Å². The normalized spacial score (nSPS) is 13.0. The molecule has 0 fully saturated rings. The van der Waals surface area contributed by atoms with Gasteiger partial charge in [0.2, 0.25) is 0 Å². The first-order chi connectivity index (χ1) is 13.6. The van der Waals surface area contributed by atoms with Gasteiger partial charge in [-0.25, -0.2) is 0 Å². The minimum Gasteiger partial charge on any atom is -0.497 e. The molecule has 28 heavy (non-hydrogen) atoms. The summed E-state index contributed by atoms with van der Waals surface area (Å²) >= 11 is 0. The minimum absolute atomic E-state index is 0.106. The summed E-state index contributed by atoms with van der Waals surface area (Å²) in [5.41, 5.74) is 8.16. The van der Waals surface area contributed by atoms with Crippen molar-refractivity contribution in [3.05, 3.63) is 58.5 Å². The number of hydrogen-bond acceptors (Lipinski definition) is 6. The van der Waals surface area contributed by atoms with Crippen LogP contribution < -0.4 is 15.2 Å². The fraction of sp³-hybridized carbons (Fsp3) is 0.455. The molecule has 0 bridgehead atoms. The van der Waals surface area contributed by atoms with Gasteiger partial charge in [0.15, 0.2) is 0 Å². The van der Waals surface area contributed by atoms with Crippen molar-refractivity contribution in [1.82, 2.24) is 0 Å². The molecule has 0 amide bonds. The lowest BCUT2D eigenvalue weighted by molar-refractivity contribution is 0.0254. The molecule has 0 aliphatic heterocycles. The molecule has 2 aromatic carbocycles. The summed E-state index contributed by atoms with van der Waals surface area (Å²) in [5.74, 6) is 1.66. The van der Waals surface area contributed by atoms with E-state index >= 15 is 0 Å². The summed E-state index contributed by atoms with van der Waals surface area (Å²) in [5, 5.41) is 2.99. The lowest BCUT2D eigenvalue weighted by atomic mass is 10.0. The molecular weight excluding hydrogens is 356 g/mol. The van der Waals surface area contributed by atoms with E-state index < -0.39 is 0 Å². The van der Waals surface area contributed by atoms with Crippen LogP contribution in [-0.4, -0.2) is 27.4 Å². The third-order valence-electron chi connectivity index (χ3n) is 4.64. The van der Waals surface area contributed by atoms with Crippen molar-refractivity contribution >= 4 is 5.69 Å². The molecule has 1 unspecified atom stereocenters. The predicted octanol–water partition coefficient (Wildman–Crippen LogP) is 4.78. The molecular formula is C22H30N2O4. The summed E-state index contributed by atoms with van der Waals surface area (Å²) in [6.45, 7) is 3.38. The molecule has 152 valence electrons. The second-order valence-electron chi connectivity index (χ2n) is 6.94. The van der Waals surface area contributed by atoms with Gasteiger partial charge < -0.3 is 19.9 Å². The average Bonchev–Trinajstić information content (AvgIpc) is 2.73. The largest absolute Gasteiger partial charge is 0.497 e. The Bertz CT molecular complexity index is 751. The fourth-order valence-corrected chi connectivity index (χ4v) is 3.16. The number of benzene rings is 2. The number of hydrogen-bond donors (Lipinski definition) is 1. The Balaban J connectivity index is 2.04. The lowest BCUT2D eigenvalue weighted by Crippen LogP contribution is -2.14. The maximum atomic E-state index is 10.9. The van der Waals surface area contributed by atoms with E-state index in [1.807, 2.05) is 24.3 Å². The maximum Gasteiger partial charge on any atom is 0.149 e. The van der Waals surface area contributed by atoms with Gasteiger partial charge in [-0.3, -0.25) is 0 Å². The van der Waals surface area contributed by atoms with Gasteiger partial charge in [-0.05, 0) is 72.3 Å². The van der Waals surface area contributed by atoms with Gasteiger partial charge in [-0.2, -0.15) is 0 Å². The summed E-state index contributed by atoms with van der Waals surface area (Å²) in [4.78, 5) is 10.9. The van der Waals surface area contributed by atoms with Crippen molar-refractivity contribution in [1.29, 1.82) is 0 Å². The van der Waals surface area contributed by atoms with Crippen LogP contribution in [0.1, 0.15) is 37.0 Å². The highest BCUT2D eigenvalue weighted by atomic mass is 16.5. The van der Waals surface area contributed by atoms with E-state index in [-0.39, 0.29) is 11.8 Å². The molecule has 0 aliphatic carbocycles. The predicted molar refractivity (Wildman–Crippen MR) is 111 cm³/mol. The van der Waals surface area contributed by atoms with Crippen LogP contribution in [0.2, 0.25) is 0 Å².